The molecule has 2 aromatic heterocycles. The van der Waals surface area contributed by atoms with Crippen molar-refractivity contribution in [3.63, 3.8) is 0 Å². The zero-order valence-corrected chi connectivity index (χ0v) is 20.6. The van der Waals surface area contributed by atoms with Gasteiger partial charge in [-0.3, -0.25) is 14.7 Å². The quantitative estimate of drug-likeness (QED) is 0.534. The van der Waals surface area contributed by atoms with E-state index in [1.54, 1.807) is 25.8 Å². The summed E-state index contributed by atoms with van der Waals surface area (Å²) in [5.41, 5.74) is 5.39. The number of esters is 1. The third kappa shape index (κ3) is 4.41. The Morgan fingerprint density at radius 1 is 1.27 bits per heavy atom. The Kier molecular flexibility index (Phi) is 5.63. The lowest BCUT2D eigenvalue weighted by Gasteiger charge is -2.28. The van der Waals surface area contributed by atoms with Gasteiger partial charge in [-0.2, -0.15) is 5.10 Å². The molecule has 33 heavy (non-hydrogen) atoms. The van der Waals surface area contributed by atoms with Crippen LogP contribution in [0.1, 0.15) is 59.2 Å². The van der Waals surface area contributed by atoms with E-state index >= 15 is 0 Å². The van der Waals surface area contributed by atoms with Gasteiger partial charge in [-0.1, -0.05) is 33.8 Å². The van der Waals surface area contributed by atoms with Gasteiger partial charge < -0.3 is 14.6 Å². The smallest absolute Gasteiger partial charge is 0.307 e. The summed E-state index contributed by atoms with van der Waals surface area (Å²) in [6.45, 7) is 12.4. The highest BCUT2D eigenvalue weighted by Gasteiger charge is 2.47. The van der Waals surface area contributed by atoms with Crippen molar-refractivity contribution in [3.05, 3.63) is 35.5 Å². The zero-order chi connectivity index (χ0) is 24.1. The van der Waals surface area contributed by atoms with Crippen LogP contribution in [-0.2, 0) is 27.2 Å². The molecule has 1 aliphatic heterocycles. The van der Waals surface area contributed by atoms with Crippen LogP contribution in [0.5, 0.6) is 0 Å². The van der Waals surface area contributed by atoms with E-state index in [-0.39, 0.29) is 23.7 Å². The van der Waals surface area contributed by atoms with Crippen LogP contribution in [0, 0.1) is 11.3 Å². The predicted octanol–water partition coefficient (Wildman–Crippen LogP) is 5.01. The lowest BCUT2D eigenvalue weighted by Crippen LogP contribution is -2.41. The number of aromatic nitrogens is 3. The second-order valence-corrected chi connectivity index (χ2v) is 10.8. The number of aromatic amines is 2. The van der Waals surface area contributed by atoms with Gasteiger partial charge in [-0.25, -0.2) is 0 Å². The SMILES string of the molecule is CCc1c(-c2cc3ccc(N(C)C(=O)C4CC(=O)OC4(C)C)cc3[nH]2)n[nH]c1CC(C)(C)C. The van der Waals surface area contributed by atoms with E-state index < -0.39 is 11.5 Å². The van der Waals surface area contributed by atoms with Crippen LogP contribution in [0.3, 0.4) is 0 Å². The maximum absolute atomic E-state index is 13.1. The first-order valence-electron chi connectivity index (χ1n) is 11.6. The largest absolute Gasteiger partial charge is 0.459 e. The number of cyclic esters (lactones) is 1. The summed E-state index contributed by atoms with van der Waals surface area (Å²) in [4.78, 5) is 30.0. The van der Waals surface area contributed by atoms with Crippen molar-refractivity contribution in [2.75, 3.05) is 11.9 Å². The van der Waals surface area contributed by atoms with E-state index in [2.05, 4.69) is 48.9 Å². The molecule has 2 N–H and O–H groups in total. The molecule has 7 nitrogen and oxygen atoms in total. The standard InChI is InChI=1S/C26H34N4O3/c1-8-17-21(14-25(2,3)4)28-29-23(17)20-11-15-9-10-16(12-19(15)27-20)30(7)24(32)18-13-22(31)33-26(18,5)6/h9-12,18,27H,8,13-14H2,1-7H3,(H,28,29). The number of carbonyl (C=O) groups excluding carboxylic acids is 2. The molecule has 3 aromatic rings. The molecule has 1 aromatic carbocycles. The van der Waals surface area contributed by atoms with Crippen molar-refractivity contribution in [3.8, 4) is 11.4 Å². The number of nitrogens with one attached hydrogen (secondary N) is 2. The third-order valence-corrected chi connectivity index (χ3v) is 6.48. The van der Waals surface area contributed by atoms with E-state index in [1.807, 2.05) is 18.2 Å². The van der Waals surface area contributed by atoms with Gasteiger partial charge in [0.05, 0.1) is 18.0 Å². The first kappa shape index (κ1) is 23.1. The molecule has 176 valence electrons. The molecule has 1 saturated heterocycles. The number of ether oxygens (including phenoxy) is 1. The highest BCUT2D eigenvalue weighted by atomic mass is 16.6. The molecule has 7 heteroatoms. The second kappa shape index (κ2) is 8.04. The third-order valence-electron chi connectivity index (χ3n) is 6.48. The summed E-state index contributed by atoms with van der Waals surface area (Å²) in [5, 5.41) is 8.93. The molecule has 4 rings (SSSR count). The van der Waals surface area contributed by atoms with Crippen LogP contribution in [0.4, 0.5) is 5.69 Å². The number of anilines is 1. The maximum atomic E-state index is 13.1. The Balaban J connectivity index is 1.63. The van der Waals surface area contributed by atoms with E-state index in [0.717, 1.165) is 40.8 Å². The zero-order valence-electron chi connectivity index (χ0n) is 20.6. The van der Waals surface area contributed by atoms with Crippen molar-refractivity contribution in [1.82, 2.24) is 15.2 Å². The molecule has 1 atom stereocenters. The normalized spacial score (nSPS) is 18.0. The highest BCUT2D eigenvalue weighted by molar-refractivity contribution is 6.00. The number of rotatable bonds is 5. The van der Waals surface area contributed by atoms with Gasteiger partial charge >= 0.3 is 5.97 Å². The molecule has 0 spiro atoms. The van der Waals surface area contributed by atoms with Crippen molar-refractivity contribution < 1.29 is 14.3 Å². The van der Waals surface area contributed by atoms with Crippen molar-refractivity contribution >= 4 is 28.5 Å². The van der Waals surface area contributed by atoms with Crippen LogP contribution in [-0.4, -0.2) is 39.7 Å². The van der Waals surface area contributed by atoms with Gasteiger partial charge in [-0.05, 0) is 50.3 Å². The van der Waals surface area contributed by atoms with E-state index in [4.69, 9.17) is 4.74 Å². The summed E-state index contributed by atoms with van der Waals surface area (Å²) in [5.74, 6) is -0.945. The molecule has 0 aliphatic carbocycles. The topological polar surface area (TPSA) is 91.1 Å². The van der Waals surface area contributed by atoms with E-state index in [1.165, 1.54) is 11.3 Å². The van der Waals surface area contributed by atoms with Crippen molar-refractivity contribution in [2.45, 2.75) is 66.4 Å². The van der Waals surface area contributed by atoms with E-state index in [9.17, 15) is 9.59 Å². The molecule has 1 aliphatic rings. The Bertz CT molecular complexity index is 1210. The first-order valence-corrected chi connectivity index (χ1v) is 11.6. The van der Waals surface area contributed by atoms with Gasteiger partial charge in [0.25, 0.3) is 0 Å². The fourth-order valence-electron chi connectivity index (χ4n) is 4.70. The molecule has 1 unspecified atom stereocenters. The van der Waals surface area contributed by atoms with Crippen LogP contribution in [0.25, 0.3) is 22.3 Å². The Labute approximate surface area is 194 Å². The van der Waals surface area contributed by atoms with Crippen molar-refractivity contribution in [2.24, 2.45) is 11.3 Å². The van der Waals surface area contributed by atoms with Crippen LogP contribution < -0.4 is 4.90 Å². The summed E-state index contributed by atoms with van der Waals surface area (Å²) in [6, 6.07) is 8.00. The van der Waals surface area contributed by atoms with Gasteiger partial charge in [0.15, 0.2) is 0 Å². The van der Waals surface area contributed by atoms with Gasteiger partial charge in [0.1, 0.15) is 11.3 Å². The van der Waals surface area contributed by atoms with E-state index in [0.29, 0.717) is 0 Å². The Morgan fingerprint density at radius 2 is 2.00 bits per heavy atom. The molecule has 1 fully saturated rings. The molecule has 0 radical (unpaired) electrons. The van der Waals surface area contributed by atoms with Crippen LogP contribution in [0.15, 0.2) is 24.3 Å². The summed E-state index contributed by atoms with van der Waals surface area (Å²) >= 11 is 0. The number of carbonyl (C=O) groups is 2. The average Bonchev–Trinajstić information content (AvgIpc) is 3.38. The minimum absolute atomic E-state index is 0.112. The van der Waals surface area contributed by atoms with Crippen molar-refractivity contribution in [1.29, 1.82) is 0 Å². The lowest BCUT2D eigenvalue weighted by molar-refractivity contribution is -0.147. The maximum Gasteiger partial charge on any atom is 0.307 e. The molecule has 3 heterocycles. The fourth-order valence-corrected chi connectivity index (χ4v) is 4.70. The minimum atomic E-state index is -0.798. The number of hydrogen-bond donors (Lipinski definition) is 2. The number of amides is 1. The first-order chi connectivity index (χ1) is 15.4. The molecule has 0 saturated carbocycles. The predicted molar refractivity (Wildman–Crippen MR) is 130 cm³/mol. The van der Waals surface area contributed by atoms with Gasteiger partial charge in [0, 0.05) is 34.9 Å². The molecule has 0 bridgehead atoms. The summed E-state index contributed by atoms with van der Waals surface area (Å²) in [6.07, 6.45) is 1.94. The highest BCUT2D eigenvalue weighted by Crippen LogP contribution is 2.36. The Morgan fingerprint density at radius 3 is 2.61 bits per heavy atom. The summed E-state index contributed by atoms with van der Waals surface area (Å²) in [7, 11) is 1.74. The number of benzene rings is 1. The second-order valence-electron chi connectivity index (χ2n) is 10.8. The van der Waals surface area contributed by atoms with Crippen LogP contribution in [0.2, 0.25) is 0 Å². The number of nitrogens with zero attached hydrogens (tertiary/aromatic N) is 2. The average molecular weight is 451 g/mol. The number of fused-ring (bicyclic) bond motifs is 1. The fraction of sp³-hybridized carbons (Fsp3) is 0.500. The number of hydrogen-bond acceptors (Lipinski definition) is 4. The molecular weight excluding hydrogens is 416 g/mol. The summed E-state index contributed by atoms with van der Waals surface area (Å²) < 4.78 is 5.34. The number of H-pyrrole nitrogens is 2. The molecule has 1 amide bonds. The monoisotopic (exact) mass is 450 g/mol. The Hall–Kier alpha value is -3.09. The minimum Gasteiger partial charge on any atom is -0.459 e. The van der Waals surface area contributed by atoms with Gasteiger partial charge in [-0.15, -0.1) is 0 Å². The van der Waals surface area contributed by atoms with Gasteiger partial charge in [0.2, 0.25) is 5.91 Å². The lowest BCUT2D eigenvalue weighted by atomic mass is 9.88. The van der Waals surface area contributed by atoms with Crippen LogP contribution >= 0.6 is 0 Å². The molecular formula is C26H34N4O3.